The summed E-state index contributed by atoms with van der Waals surface area (Å²) in [5.41, 5.74) is 13.6. The number of nitrogens with zero attached hydrogens (tertiary/aromatic N) is 2. The molecule has 0 spiro atoms. The molecule has 3 aromatic carbocycles. The first kappa shape index (κ1) is 30.0. The SMILES string of the molecule is Br.Br.NC(=Nc1ccc(F)cc1F)SCc1ccccc1CSC(N)=Nc1ccc(F)cc1F. The molecule has 12 heteroatoms. The van der Waals surface area contributed by atoms with E-state index >= 15 is 0 Å². The van der Waals surface area contributed by atoms with Gasteiger partial charge in [-0.15, -0.1) is 34.0 Å². The third kappa shape index (κ3) is 8.97. The van der Waals surface area contributed by atoms with E-state index in [9.17, 15) is 17.6 Å². The number of halogens is 6. The van der Waals surface area contributed by atoms with Crippen LogP contribution in [0.5, 0.6) is 0 Å². The van der Waals surface area contributed by atoms with Gasteiger partial charge in [-0.1, -0.05) is 47.8 Å². The van der Waals surface area contributed by atoms with E-state index in [4.69, 9.17) is 11.5 Å². The van der Waals surface area contributed by atoms with Gasteiger partial charge in [-0.3, -0.25) is 0 Å². The highest BCUT2D eigenvalue weighted by molar-refractivity contribution is 8.93. The normalized spacial score (nSPS) is 11.5. The van der Waals surface area contributed by atoms with Crippen LogP contribution in [0.2, 0.25) is 0 Å². The molecule has 0 radical (unpaired) electrons. The Balaban J connectivity index is 0.00000289. The van der Waals surface area contributed by atoms with Crippen LogP contribution in [0, 0.1) is 23.3 Å². The molecule has 0 aliphatic rings. The van der Waals surface area contributed by atoms with Crippen LogP contribution in [-0.4, -0.2) is 10.3 Å². The van der Waals surface area contributed by atoms with Crippen molar-refractivity contribution in [2.75, 3.05) is 0 Å². The first-order chi connectivity index (χ1) is 15.3. The highest BCUT2D eigenvalue weighted by Gasteiger charge is 2.08. The van der Waals surface area contributed by atoms with Crippen molar-refractivity contribution in [1.82, 2.24) is 0 Å². The molecule has 0 amide bonds. The van der Waals surface area contributed by atoms with Gasteiger partial charge in [0.25, 0.3) is 0 Å². The highest BCUT2D eigenvalue weighted by atomic mass is 79.9. The Morgan fingerprint density at radius 2 is 1.03 bits per heavy atom. The number of rotatable bonds is 6. The van der Waals surface area contributed by atoms with Gasteiger partial charge in [0.15, 0.2) is 22.0 Å². The van der Waals surface area contributed by atoms with Gasteiger partial charge in [-0.2, -0.15) is 0 Å². The second kappa shape index (κ2) is 14.4. The second-order valence-electron chi connectivity index (χ2n) is 6.44. The minimum absolute atomic E-state index is 0. The molecule has 0 saturated heterocycles. The van der Waals surface area contributed by atoms with E-state index in [2.05, 4.69) is 9.98 Å². The Morgan fingerprint density at radius 3 is 1.38 bits per heavy atom. The first-order valence-corrected chi connectivity index (χ1v) is 11.2. The van der Waals surface area contributed by atoms with Crippen LogP contribution in [0.25, 0.3) is 0 Å². The molecule has 0 bridgehead atoms. The third-order valence-corrected chi connectivity index (χ3v) is 5.84. The van der Waals surface area contributed by atoms with Crippen LogP contribution < -0.4 is 11.5 Å². The fourth-order valence-electron chi connectivity index (χ4n) is 2.59. The largest absolute Gasteiger partial charge is 0.378 e. The molecule has 4 N–H and O–H groups in total. The van der Waals surface area contributed by atoms with Crippen LogP contribution in [0.3, 0.4) is 0 Å². The molecule has 0 aliphatic heterocycles. The predicted octanol–water partition coefficient (Wildman–Crippen LogP) is 7.16. The zero-order chi connectivity index (χ0) is 23.1. The van der Waals surface area contributed by atoms with Gasteiger partial charge in [0.1, 0.15) is 23.0 Å². The van der Waals surface area contributed by atoms with Crippen molar-refractivity contribution in [3.8, 4) is 0 Å². The Hall–Kier alpha value is -2.02. The maximum atomic E-state index is 13.7. The summed E-state index contributed by atoms with van der Waals surface area (Å²) in [6.07, 6.45) is 0. The van der Waals surface area contributed by atoms with E-state index in [1.165, 1.54) is 35.7 Å². The topological polar surface area (TPSA) is 76.8 Å². The van der Waals surface area contributed by atoms with Crippen molar-refractivity contribution in [2.45, 2.75) is 11.5 Å². The van der Waals surface area contributed by atoms with E-state index in [0.29, 0.717) is 11.5 Å². The molecular formula is C22H20Br2F4N4S2. The lowest BCUT2D eigenvalue weighted by Crippen LogP contribution is -2.08. The molecule has 0 atom stereocenters. The van der Waals surface area contributed by atoms with Crippen molar-refractivity contribution in [2.24, 2.45) is 21.5 Å². The van der Waals surface area contributed by atoms with E-state index < -0.39 is 23.3 Å². The van der Waals surface area contributed by atoms with Crippen LogP contribution >= 0.6 is 57.5 Å². The van der Waals surface area contributed by atoms with Gasteiger partial charge in [0.05, 0.1) is 0 Å². The molecule has 0 aliphatic carbocycles. The summed E-state index contributed by atoms with van der Waals surface area (Å²) in [4.78, 5) is 7.98. The molecule has 0 saturated carbocycles. The highest BCUT2D eigenvalue weighted by Crippen LogP contribution is 2.25. The number of aliphatic imine (C=N–C) groups is 2. The fourth-order valence-corrected chi connectivity index (χ4v) is 4.08. The van der Waals surface area contributed by atoms with Crippen molar-refractivity contribution in [3.05, 3.63) is 95.1 Å². The predicted molar refractivity (Wildman–Crippen MR) is 145 cm³/mol. The molecule has 3 aromatic rings. The summed E-state index contributed by atoms with van der Waals surface area (Å²) in [6.45, 7) is 0. The average Bonchev–Trinajstić information content (AvgIpc) is 2.75. The van der Waals surface area contributed by atoms with Crippen molar-refractivity contribution in [1.29, 1.82) is 0 Å². The van der Waals surface area contributed by atoms with Gasteiger partial charge >= 0.3 is 0 Å². The van der Waals surface area contributed by atoms with Gasteiger partial charge in [0.2, 0.25) is 0 Å². The maximum Gasteiger partial charge on any atom is 0.159 e. The molecule has 34 heavy (non-hydrogen) atoms. The zero-order valence-corrected chi connectivity index (χ0v) is 22.4. The Bertz CT molecular complexity index is 1090. The quantitative estimate of drug-likeness (QED) is 0.171. The summed E-state index contributed by atoms with van der Waals surface area (Å²) in [5, 5.41) is 0.261. The van der Waals surface area contributed by atoms with Crippen LogP contribution in [0.4, 0.5) is 28.9 Å². The minimum atomic E-state index is -0.794. The van der Waals surface area contributed by atoms with Gasteiger partial charge in [-0.25, -0.2) is 27.5 Å². The average molecular weight is 640 g/mol. The summed E-state index contributed by atoms with van der Waals surface area (Å²) < 4.78 is 53.5. The van der Waals surface area contributed by atoms with Crippen molar-refractivity contribution < 1.29 is 17.6 Å². The molecule has 4 nitrogen and oxygen atoms in total. The zero-order valence-electron chi connectivity index (χ0n) is 17.4. The number of hydrogen-bond donors (Lipinski definition) is 2. The molecule has 0 fully saturated rings. The van der Waals surface area contributed by atoms with Gasteiger partial charge in [-0.05, 0) is 35.4 Å². The first-order valence-electron chi connectivity index (χ1n) is 9.22. The molecule has 3 rings (SSSR count). The lowest BCUT2D eigenvalue weighted by atomic mass is 10.1. The molecule has 0 unspecified atom stereocenters. The third-order valence-electron chi connectivity index (χ3n) is 4.15. The summed E-state index contributed by atoms with van der Waals surface area (Å²) in [6, 6.07) is 13.7. The van der Waals surface area contributed by atoms with E-state index in [0.717, 1.165) is 35.4 Å². The van der Waals surface area contributed by atoms with E-state index in [1.807, 2.05) is 24.3 Å². The second-order valence-corrected chi connectivity index (χ2v) is 8.43. The molecule has 0 heterocycles. The number of hydrogen-bond acceptors (Lipinski definition) is 4. The van der Waals surface area contributed by atoms with E-state index in [-0.39, 0.29) is 55.7 Å². The van der Waals surface area contributed by atoms with Crippen molar-refractivity contribution in [3.63, 3.8) is 0 Å². The number of thioether (sulfide) groups is 2. The van der Waals surface area contributed by atoms with Crippen LogP contribution in [0.15, 0.2) is 70.6 Å². The lowest BCUT2D eigenvalue weighted by molar-refractivity contribution is 0.584. The monoisotopic (exact) mass is 638 g/mol. The Kier molecular flexibility index (Phi) is 12.7. The van der Waals surface area contributed by atoms with Crippen molar-refractivity contribution >= 4 is 79.2 Å². The summed E-state index contributed by atoms with van der Waals surface area (Å²) >= 11 is 2.41. The fraction of sp³-hybridized carbons (Fsp3) is 0.0909. The standard InChI is InChI=1S/C22H18F4N4S2.2BrH/c23-15-5-7-19(17(25)9-15)29-21(27)31-11-13-3-1-2-4-14(13)12-32-22(28)30-20-8-6-16(24)10-18(20)26;;/h1-10H,11-12H2,(H2,27,29)(H2,28,30);2*1H. The summed E-state index contributed by atoms with van der Waals surface area (Å²) in [5.74, 6) is -2.06. The molecule has 182 valence electrons. The molecular weight excluding hydrogens is 620 g/mol. The smallest absolute Gasteiger partial charge is 0.159 e. The number of amidine groups is 2. The van der Waals surface area contributed by atoms with E-state index in [1.54, 1.807) is 0 Å². The molecule has 0 aromatic heterocycles. The summed E-state index contributed by atoms with van der Waals surface area (Å²) in [7, 11) is 0. The minimum Gasteiger partial charge on any atom is -0.378 e. The Morgan fingerprint density at radius 1 is 0.647 bits per heavy atom. The number of benzene rings is 3. The van der Waals surface area contributed by atoms with Gasteiger partial charge < -0.3 is 11.5 Å². The van der Waals surface area contributed by atoms with Crippen LogP contribution in [0.1, 0.15) is 11.1 Å². The maximum absolute atomic E-state index is 13.7. The number of nitrogens with two attached hydrogens (primary N) is 2. The van der Waals surface area contributed by atoms with Gasteiger partial charge in [0, 0.05) is 23.6 Å². The Labute approximate surface area is 223 Å². The van der Waals surface area contributed by atoms with Crippen LogP contribution in [-0.2, 0) is 11.5 Å². The lowest BCUT2D eigenvalue weighted by Gasteiger charge is -2.09.